The summed E-state index contributed by atoms with van der Waals surface area (Å²) in [7, 11) is 0. The van der Waals surface area contributed by atoms with Gasteiger partial charge in [0.15, 0.2) is 6.73 Å². The summed E-state index contributed by atoms with van der Waals surface area (Å²) in [6.07, 6.45) is 1.70. The van der Waals surface area contributed by atoms with Crippen LogP contribution < -0.4 is 5.32 Å². The molecule has 2 heterocycles. The van der Waals surface area contributed by atoms with Crippen LogP contribution in [0.3, 0.4) is 0 Å². The van der Waals surface area contributed by atoms with Crippen molar-refractivity contribution >= 4 is 29.7 Å². The highest BCUT2D eigenvalue weighted by Crippen LogP contribution is 2.42. The number of esters is 1. The maximum Gasteiger partial charge on any atom is 0.328 e. The number of nitrogens with zero attached hydrogens (tertiary/aromatic N) is 2. The molecule has 1 atom stereocenters. The summed E-state index contributed by atoms with van der Waals surface area (Å²) in [5.74, 6) is -2.38. The average molecular weight is 371 g/mol. The first kappa shape index (κ1) is 17.2. The fourth-order valence-corrected chi connectivity index (χ4v) is 3.46. The number of ether oxygens (including phenoxy) is 1. The summed E-state index contributed by atoms with van der Waals surface area (Å²) >= 11 is 0. The van der Waals surface area contributed by atoms with Crippen molar-refractivity contribution in [1.82, 2.24) is 15.1 Å². The summed E-state index contributed by atoms with van der Waals surface area (Å²) in [6, 6.07) is 5.65. The third kappa shape index (κ3) is 2.66. The van der Waals surface area contributed by atoms with E-state index in [1.54, 1.807) is 19.1 Å². The summed E-state index contributed by atoms with van der Waals surface area (Å²) in [6.45, 7) is 0.500. The highest BCUT2D eigenvalue weighted by atomic mass is 16.5. The van der Waals surface area contributed by atoms with Crippen molar-refractivity contribution in [3.8, 4) is 0 Å². The average Bonchev–Trinajstić information content (AvgIpc) is 3.44. The highest BCUT2D eigenvalue weighted by Gasteiger charge is 2.56. The van der Waals surface area contributed by atoms with Gasteiger partial charge in [0.05, 0.1) is 11.1 Å². The van der Waals surface area contributed by atoms with Crippen LogP contribution in [-0.4, -0.2) is 58.3 Å². The molecule has 2 fully saturated rings. The molecule has 1 N–H and O–H groups in total. The third-order valence-electron chi connectivity index (χ3n) is 5.22. The molecule has 9 heteroatoms. The summed E-state index contributed by atoms with van der Waals surface area (Å²) in [5, 5.41) is 2.63. The number of benzene rings is 1. The van der Waals surface area contributed by atoms with Gasteiger partial charge in [-0.15, -0.1) is 0 Å². The Balaban J connectivity index is 1.37. The molecule has 1 saturated carbocycles. The van der Waals surface area contributed by atoms with Crippen LogP contribution in [0.15, 0.2) is 24.3 Å². The van der Waals surface area contributed by atoms with Crippen LogP contribution in [0.25, 0.3) is 0 Å². The summed E-state index contributed by atoms with van der Waals surface area (Å²) < 4.78 is 4.97. The van der Waals surface area contributed by atoms with Gasteiger partial charge in [-0.3, -0.25) is 24.1 Å². The van der Waals surface area contributed by atoms with E-state index in [-0.39, 0.29) is 17.0 Å². The van der Waals surface area contributed by atoms with E-state index in [9.17, 15) is 24.0 Å². The number of fused-ring (bicyclic) bond motifs is 1. The molecule has 140 valence electrons. The third-order valence-corrected chi connectivity index (χ3v) is 5.22. The second kappa shape index (κ2) is 5.90. The molecule has 5 amide bonds. The highest BCUT2D eigenvalue weighted by molar-refractivity contribution is 6.21. The van der Waals surface area contributed by atoms with Crippen molar-refractivity contribution in [2.75, 3.05) is 13.3 Å². The fourth-order valence-electron chi connectivity index (χ4n) is 3.46. The Morgan fingerprint density at radius 3 is 2.26 bits per heavy atom. The molecular weight excluding hydrogens is 354 g/mol. The first-order chi connectivity index (χ1) is 12.8. The lowest BCUT2D eigenvalue weighted by Gasteiger charge is -2.20. The Bertz CT molecular complexity index is 858. The second-order valence-electron chi connectivity index (χ2n) is 7.03. The van der Waals surface area contributed by atoms with Crippen molar-refractivity contribution in [1.29, 1.82) is 0 Å². The van der Waals surface area contributed by atoms with Crippen LogP contribution in [-0.2, 0) is 14.3 Å². The van der Waals surface area contributed by atoms with E-state index in [2.05, 4.69) is 5.32 Å². The number of amides is 5. The molecule has 3 aliphatic rings. The van der Waals surface area contributed by atoms with Gasteiger partial charge in [0.25, 0.3) is 17.7 Å². The largest absolute Gasteiger partial charge is 0.442 e. The molecule has 9 nitrogen and oxygen atoms in total. The molecule has 4 rings (SSSR count). The minimum absolute atomic E-state index is 0.0771. The minimum Gasteiger partial charge on any atom is -0.442 e. The molecule has 0 aromatic heterocycles. The van der Waals surface area contributed by atoms with Crippen molar-refractivity contribution in [3.05, 3.63) is 35.4 Å². The fraction of sp³-hybridized carbons (Fsp3) is 0.389. The lowest BCUT2D eigenvalue weighted by Crippen LogP contribution is -2.46. The van der Waals surface area contributed by atoms with Crippen LogP contribution in [0.4, 0.5) is 4.79 Å². The molecule has 2 aliphatic heterocycles. The second-order valence-corrected chi connectivity index (χ2v) is 7.03. The van der Waals surface area contributed by atoms with E-state index in [1.165, 1.54) is 12.1 Å². The number of carbonyl (C=O) groups is 5. The van der Waals surface area contributed by atoms with E-state index in [1.807, 2.05) is 0 Å². The Kier molecular flexibility index (Phi) is 3.76. The van der Waals surface area contributed by atoms with E-state index in [0.29, 0.717) is 0 Å². The monoisotopic (exact) mass is 371 g/mol. The first-order valence-corrected chi connectivity index (χ1v) is 8.58. The molecular formula is C18H17N3O6. The van der Waals surface area contributed by atoms with Crippen LogP contribution in [0, 0.1) is 5.92 Å². The van der Waals surface area contributed by atoms with Crippen LogP contribution >= 0.6 is 0 Å². The Hall–Kier alpha value is -3.23. The molecule has 1 aliphatic carbocycles. The molecule has 1 saturated heterocycles. The topological polar surface area (TPSA) is 113 Å². The van der Waals surface area contributed by atoms with Gasteiger partial charge in [0.1, 0.15) is 12.1 Å². The number of rotatable bonds is 5. The van der Waals surface area contributed by atoms with Gasteiger partial charge in [0, 0.05) is 0 Å². The van der Waals surface area contributed by atoms with Gasteiger partial charge in [-0.25, -0.2) is 9.69 Å². The van der Waals surface area contributed by atoms with Gasteiger partial charge >= 0.3 is 12.0 Å². The van der Waals surface area contributed by atoms with Crippen molar-refractivity contribution in [2.24, 2.45) is 5.92 Å². The van der Waals surface area contributed by atoms with Gasteiger partial charge in [-0.2, -0.15) is 0 Å². The number of imide groups is 2. The predicted octanol–water partition coefficient (Wildman–Crippen LogP) is 0.504. The maximum atomic E-state index is 12.5. The molecule has 1 unspecified atom stereocenters. The number of nitrogens with one attached hydrogen (secondary N) is 1. The lowest BCUT2D eigenvalue weighted by atomic mass is 9.96. The Morgan fingerprint density at radius 2 is 1.70 bits per heavy atom. The molecule has 1 aromatic rings. The number of urea groups is 1. The first-order valence-electron chi connectivity index (χ1n) is 8.58. The van der Waals surface area contributed by atoms with E-state index in [4.69, 9.17) is 4.74 Å². The maximum absolute atomic E-state index is 12.5. The van der Waals surface area contributed by atoms with Crippen molar-refractivity contribution in [3.63, 3.8) is 0 Å². The normalized spacial score (nSPS) is 24.3. The summed E-state index contributed by atoms with van der Waals surface area (Å²) in [4.78, 5) is 62.7. The molecule has 0 spiro atoms. The van der Waals surface area contributed by atoms with E-state index >= 15 is 0 Å². The SMILES string of the molecule is CC1(C2CC2)NC(=O)N(CC(=O)OCN2C(=O)c3ccccc3C2=O)C1=O. The quantitative estimate of drug-likeness (QED) is 0.458. The van der Waals surface area contributed by atoms with Crippen LogP contribution in [0.2, 0.25) is 0 Å². The minimum atomic E-state index is -0.986. The standard InChI is InChI=1S/C18H17N3O6/c1-18(10-6-7-10)16(25)20(17(26)19-18)8-13(22)27-9-21-14(23)11-4-2-3-5-12(11)15(21)24/h2-5,10H,6-9H2,1H3,(H,19,26). The Labute approximate surface area is 154 Å². The number of carbonyl (C=O) groups excluding carboxylic acids is 5. The smallest absolute Gasteiger partial charge is 0.328 e. The molecule has 0 bridgehead atoms. The zero-order chi connectivity index (χ0) is 19.3. The van der Waals surface area contributed by atoms with Gasteiger partial charge in [-0.1, -0.05) is 12.1 Å². The van der Waals surface area contributed by atoms with Crippen LogP contribution in [0.5, 0.6) is 0 Å². The molecule has 0 radical (unpaired) electrons. The van der Waals surface area contributed by atoms with E-state index < -0.39 is 48.5 Å². The number of hydrogen-bond donors (Lipinski definition) is 1. The van der Waals surface area contributed by atoms with Gasteiger partial charge < -0.3 is 10.1 Å². The van der Waals surface area contributed by atoms with Crippen molar-refractivity contribution < 1.29 is 28.7 Å². The zero-order valence-electron chi connectivity index (χ0n) is 14.6. The molecule has 27 heavy (non-hydrogen) atoms. The van der Waals surface area contributed by atoms with Crippen LogP contribution in [0.1, 0.15) is 40.5 Å². The lowest BCUT2D eigenvalue weighted by molar-refractivity contribution is -0.150. The molecule has 1 aromatic carbocycles. The summed E-state index contributed by atoms with van der Waals surface area (Å²) in [5.41, 5.74) is -0.499. The zero-order valence-corrected chi connectivity index (χ0v) is 14.6. The van der Waals surface area contributed by atoms with E-state index in [0.717, 1.165) is 22.6 Å². The van der Waals surface area contributed by atoms with Gasteiger partial charge in [0.2, 0.25) is 0 Å². The number of hydrogen-bond acceptors (Lipinski definition) is 6. The van der Waals surface area contributed by atoms with Gasteiger partial charge in [-0.05, 0) is 37.8 Å². The Morgan fingerprint density at radius 1 is 1.11 bits per heavy atom. The van der Waals surface area contributed by atoms with Crippen molar-refractivity contribution in [2.45, 2.75) is 25.3 Å². The predicted molar refractivity (Wildman–Crippen MR) is 89.3 cm³/mol.